The number of nitrogen functional groups attached to an aromatic ring is 1. The summed E-state index contributed by atoms with van der Waals surface area (Å²) in [5.41, 5.74) is 8.21. The summed E-state index contributed by atoms with van der Waals surface area (Å²) in [6.07, 6.45) is 6.84. The van der Waals surface area contributed by atoms with Crippen LogP contribution >= 0.6 is 0 Å². The van der Waals surface area contributed by atoms with Crippen molar-refractivity contribution in [2.75, 3.05) is 5.73 Å². The maximum atomic E-state index is 5.70. The van der Waals surface area contributed by atoms with E-state index in [0.717, 1.165) is 22.2 Å². The van der Waals surface area contributed by atoms with E-state index in [2.05, 4.69) is 19.9 Å². The maximum Gasteiger partial charge on any atom is 0.221 e. The molecule has 0 aliphatic heterocycles. The largest absolute Gasteiger partial charge is 0.368 e. The molecule has 0 amide bonds. The summed E-state index contributed by atoms with van der Waals surface area (Å²) in [7, 11) is 0. The number of nitrogens with zero attached hydrogens (tertiary/aromatic N) is 4. The monoisotopic (exact) mass is 223 g/mol. The van der Waals surface area contributed by atoms with Gasteiger partial charge in [-0.25, -0.2) is 9.97 Å². The zero-order chi connectivity index (χ0) is 11.7. The highest BCUT2D eigenvalue weighted by Gasteiger charge is 2.07. The second kappa shape index (κ2) is 3.79. The third-order valence-corrected chi connectivity index (χ3v) is 2.47. The Morgan fingerprint density at radius 2 is 1.65 bits per heavy atom. The molecule has 0 spiro atoms. The fourth-order valence-electron chi connectivity index (χ4n) is 1.73. The molecule has 17 heavy (non-hydrogen) atoms. The van der Waals surface area contributed by atoms with E-state index in [-0.39, 0.29) is 5.95 Å². The summed E-state index contributed by atoms with van der Waals surface area (Å²) >= 11 is 0. The van der Waals surface area contributed by atoms with Gasteiger partial charge in [0.2, 0.25) is 5.95 Å². The Bertz CT molecular complexity index is 666. The molecular weight excluding hydrogens is 214 g/mol. The number of pyridine rings is 2. The second-order valence-corrected chi connectivity index (χ2v) is 3.56. The van der Waals surface area contributed by atoms with Gasteiger partial charge in [-0.1, -0.05) is 0 Å². The minimum Gasteiger partial charge on any atom is -0.368 e. The van der Waals surface area contributed by atoms with Crippen molar-refractivity contribution in [1.29, 1.82) is 0 Å². The third-order valence-electron chi connectivity index (χ3n) is 2.47. The van der Waals surface area contributed by atoms with E-state index in [4.69, 9.17) is 5.73 Å². The first-order chi connectivity index (χ1) is 8.34. The Kier molecular flexibility index (Phi) is 2.15. The van der Waals surface area contributed by atoms with Crippen molar-refractivity contribution >= 4 is 16.9 Å². The molecule has 0 fully saturated rings. The molecule has 0 saturated heterocycles. The fourth-order valence-corrected chi connectivity index (χ4v) is 1.73. The van der Waals surface area contributed by atoms with Crippen LogP contribution in [0.3, 0.4) is 0 Å². The highest BCUT2D eigenvalue weighted by Crippen LogP contribution is 2.25. The first-order valence-electron chi connectivity index (χ1n) is 5.12. The summed E-state index contributed by atoms with van der Waals surface area (Å²) in [4.78, 5) is 16.5. The van der Waals surface area contributed by atoms with Gasteiger partial charge in [0, 0.05) is 29.5 Å². The highest BCUT2D eigenvalue weighted by molar-refractivity contribution is 5.92. The summed E-state index contributed by atoms with van der Waals surface area (Å²) < 4.78 is 0. The van der Waals surface area contributed by atoms with Gasteiger partial charge in [-0.2, -0.15) is 0 Å². The normalized spacial score (nSPS) is 10.6. The lowest BCUT2D eigenvalue weighted by molar-refractivity contribution is 1.21. The number of nitrogens with two attached hydrogens (primary N) is 1. The minimum absolute atomic E-state index is 0.248. The van der Waals surface area contributed by atoms with Gasteiger partial charge < -0.3 is 5.73 Å². The molecule has 5 nitrogen and oxygen atoms in total. The van der Waals surface area contributed by atoms with E-state index in [1.54, 1.807) is 24.8 Å². The summed E-state index contributed by atoms with van der Waals surface area (Å²) in [5, 5.41) is 0.931. The van der Waals surface area contributed by atoms with Crippen LogP contribution in [0.1, 0.15) is 0 Å². The zero-order valence-electron chi connectivity index (χ0n) is 8.91. The standard InChI is InChI=1S/C12H9N5/c13-12-16-10-7-15-6-3-9(10)11(17-12)8-1-4-14-5-2-8/h1-7H,(H2,13,16,17). The van der Waals surface area contributed by atoms with Gasteiger partial charge in [0.05, 0.1) is 17.4 Å². The minimum atomic E-state index is 0.248. The van der Waals surface area contributed by atoms with E-state index in [9.17, 15) is 0 Å². The molecule has 0 aliphatic carbocycles. The Balaban J connectivity index is 2.36. The molecule has 0 aromatic carbocycles. The van der Waals surface area contributed by atoms with E-state index in [1.165, 1.54) is 0 Å². The predicted octanol–water partition coefficient (Wildman–Crippen LogP) is 1.67. The Hall–Kier alpha value is -2.56. The maximum absolute atomic E-state index is 5.70. The summed E-state index contributed by atoms with van der Waals surface area (Å²) in [6.45, 7) is 0. The molecule has 3 aromatic rings. The molecule has 3 heterocycles. The van der Waals surface area contributed by atoms with Gasteiger partial charge >= 0.3 is 0 Å². The summed E-state index contributed by atoms with van der Waals surface area (Å²) in [5.74, 6) is 0.248. The van der Waals surface area contributed by atoms with Crippen molar-refractivity contribution in [3.05, 3.63) is 43.0 Å². The van der Waals surface area contributed by atoms with Crippen LogP contribution in [0.2, 0.25) is 0 Å². The number of aromatic nitrogens is 4. The van der Waals surface area contributed by atoms with Crippen molar-refractivity contribution in [2.24, 2.45) is 0 Å². The van der Waals surface area contributed by atoms with Gasteiger partial charge in [-0.3, -0.25) is 9.97 Å². The number of hydrogen-bond acceptors (Lipinski definition) is 5. The third kappa shape index (κ3) is 1.67. The number of rotatable bonds is 1. The topological polar surface area (TPSA) is 77.6 Å². The van der Waals surface area contributed by atoms with Crippen LogP contribution in [0.25, 0.3) is 22.2 Å². The molecule has 0 aliphatic rings. The number of hydrogen-bond donors (Lipinski definition) is 1. The first-order valence-corrected chi connectivity index (χ1v) is 5.12. The molecular formula is C12H9N5. The van der Waals surface area contributed by atoms with Crippen molar-refractivity contribution in [3.63, 3.8) is 0 Å². The second-order valence-electron chi connectivity index (χ2n) is 3.56. The molecule has 5 heteroatoms. The van der Waals surface area contributed by atoms with Crippen LogP contribution in [-0.2, 0) is 0 Å². The van der Waals surface area contributed by atoms with Crippen LogP contribution in [0.4, 0.5) is 5.95 Å². The molecule has 0 bridgehead atoms. The molecule has 0 saturated carbocycles. The number of anilines is 1. The Labute approximate surface area is 97.4 Å². The van der Waals surface area contributed by atoms with Crippen LogP contribution in [0.5, 0.6) is 0 Å². The SMILES string of the molecule is Nc1nc(-c2ccncc2)c2ccncc2n1. The lowest BCUT2D eigenvalue weighted by Gasteiger charge is -2.05. The smallest absolute Gasteiger partial charge is 0.221 e. The molecule has 3 rings (SSSR count). The summed E-state index contributed by atoms with van der Waals surface area (Å²) in [6, 6.07) is 5.66. The average molecular weight is 223 g/mol. The molecule has 0 unspecified atom stereocenters. The lowest BCUT2D eigenvalue weighted by Crippen LogP contribution is -1.98. The zero-order valence-corrected chi connectivity index (χ0v) is 8.91. The first kappa shape index (κ1) is 9.65. The van der Waals surface area contributed by atoms with Gasteiger partial charge in [-0.05, 0) is 18.2 Å². The van der Waals surface area contributed by atoms with Gasteiger partial charge in [0.15, 0.2) is 0 Å². The molecule has 0 atom stereocenters. The molecule has 2 N–H and O–H groups in total. The van der Waals surface area contributed by atoms with Gasteiger partial charge in [0.1, 0.15) is 0 Å². The van der Waals surface area contributed by atoms with E-state index >= 15 is 0 Å². The highest BCUT2D eigenvalue weighted by atomic mass is 15.0. The average Bonchev–Trinajstić information content (AvgIpc) is 2.39. The van der Waals surface area contributed by atoms with Crippen molar-refractivity contribution in [3.8, 4) is 11.3 Å². The predicted molar refractivity (Wildman–Crippen MR) is 65.0 cm³/mol. The Morgan fingerprint density at radius 1 is 0.882 bits per heavy atom. The number of fused-ring (bicyclic) bond motifs is 1. The van der Waals surface area contributed by atoms with E-state index in [0.29, 0.717) is 0 Å². The quantitative estimate of drug-likeness (QED) is 0.679. The van der Waals surface area contributed by atoms with Gasteiger partial charge in [-0.15, -0.1) is 0 Å². The molecule has 0 radical (unpaired) electrons. The van der Waals surface area contributed by atoms with Crippen LogP contribution < -0.4 is 5.73 Å². The molecule has 82 valence electrons. The van der Waals surface area contributed by atoms with Crippen LogP contribution in [-0.4, -0.2) is 19.9 Å². The van der Waals surface area contributed by atoms with Crippen molar-refractivity contribution < 1.29 is 0 Å². The molecule has 3 aromatic heterocycles. The van der Waals surface area contributed by atoms with E-state index < -0.39 is 0 Å². The van der Waals surface area contributed by atoms with Crippen molar-refractivity contribution in [2.45, 2.75) is 0 Å². The van der Waals surface area contributed by atoms with Gasteiger partial charge in [0.25, 0.3) is 0 Å². The Morgan fingerprint density at radius 3 is 2.47 bits per heavy atom. The van der Waals surface area contributed by atoms with E-state index in [1.807, 2.05) is 18.2 Å². The van der Waals surface area contributed by atoms with Crippen LogP contribution in [0, 0.1) is 0 Å². The van der Waals surface area contributed by atoms with Crippen molar-refractivity contribution in [1.82, 2.24) is 19.9 Å². The lowest BCUT2D eigenvalue weighted by atomic mass is 10.1. The fraction of sp³-hybridized carbons (Fsp3) is 0. The van der Waals surface area contributed by atoms with Crippen LogP contribution in [0.15, 0.2) is 43.0 Å².